The van der Waals surface area contributed by atoms with Crippen LogP contribution >= 0.6 is 11.3 Å². The first-order valence-electron chi connectivity index (χ1n) is 6.12. The summed E-state index contributed by atoms with van der Waals surface area (Å²) in [5, 5.41) is 10.1. The molecule has 10 heteroatoms. The van der Waals surface area contributed by atoms with E-state index in [1.807, 2.05) is 12.3 Å². The molecule has 108 valence electrons. The summed E-state index contributed by atoms with van der Waals surface area (Å²) < 4.78 is 1.53. The van der Waals surface area contributed by atoms with Crippen molar-refractivity contribution < 1.29 is 0 Å². The Balaban J connectivity index is 1.82. The third kappa shape index (κ3) is 3.12. The van der Waals surface area contributed by atoms with Crippen molar-refractivity contribution in [3.63, 3.8) is 0 Å². The Bertz CT molecular complexity index is 721. The average Bonchev–Trinajstić information content (AvgIpc) is 3.16. The molecule has 0 unspecified atom stereocenters. The smallest absolute Gasteiger partial charge is 0.257 e. The van der Waals surface area contributed by atoms with Crippen molar-refractivity contribution in [2.24, 2.45) is 5.84 Å². The molecule has 0 spiro atoms. The number of nitrogens with one attached hydrogen (secondary N) is 2. The van der Waals surface area contributed by atoms with E-state index in [0.29, 0.717) is 18.4 Å². The van der Waals surface area contributed by atoms with Gasteiger partial charge in [-0.2, -0.15) is 20.1 Å². The van der Waals surface area contributed by atoms with Crippen molar-refractivity contribution in [3.8, 4) is 5.95 Å². The second kappa shape index (κ2) is 5.81. The van der Waals surface area contributed by atoms with Gasteiger partial charge in [-0.3, -0.25) is 5.43 Å². The zero-order valence-corrected chi connectivity index (χ0v) is 12.0. The Hall–Kier alpha value is -2.59. The lowest BCUT2D eigenvalue weighted by Crippen LogP contribution is -2.16. The Morgan fingerprint density at radius 3 is 2.76 bits per heavy atom. The van der Waals surface area contributed by atoms with Gasteiger partial charge < -0.3 is 5.32 Å². The predicted octanol–water partition coefficient (Wildman–Crippen LogP) is 0.720. The van der Waals surface area contributed by atoms with Crippen LogP contribution in [0.25, 0.3) is 5.95 Å². The normalized spacial score (nSPS) is 10.6. The minimum atomic E-state index is 0.258. The molecule has 9 nitrogen and oxygen atoms in total. The van der Waals surface area contributed by atoms with Crippen LogP contribution in [0.4, 0.5) is 11.9 Å². The molecule has 0 aliphatic rings. The maximum Gasteiger partial charge on any atom is 0.257 e. The monoisotopic (exact) mass is 303 g/mol. The lowest BCUT2D eigenvalue weighted by Gasteiger charge is -2.07. The Morgan fingerprint density at radius 2 is 2.10 bits per heavy atom. The molecule has 3 rings (SSSR count). The summed E-state index contributed by atoms with van der Waals surface area (Å²) in [7, 11) is 0. The fourth-order valence-corrected chi connectivity index (χ4v) is 2.35. The van der Waals surface area contributed by atoms with Crippen LogP contribution in [0.15, 0.2) is 23.8 Å². The molecule has 0 atom stereocenters. The highest BCUT2D eigenvalue weighted by molar-refractivity contribution is 7.09. The van der Waals surface area contributed by atoms with Gasteiger partial charge in [-0.1, -0.05) is 0 Å². The quantitative estimate of drug-likeness (QED) is 0.466. The summed E-state index contributed by atoms with van der Waals surface area (Å²) in [4.78, 5) is 17.0. The van der Waals surface area contributed by atoms with Gasteiger partial charge in [0.1, 0.15) is 5.01 Å². The lowest BCUT2D eigenvalue weighted by atomic mass is 10.6. The topological polar surface area (TPSA) is 119 Å². The molecule has 4 N–H and O–H groups in total. The minimum absolute atomic E-state index is 0.258. The number of thiazole rings is 1. The summed E-state index contributed by atoms with van der Waals surface area (Å²) in [6, 6.07) is 1.78. The Labute approximate surface area is 124 Å². The van der Waals surface area contributed by atoms with Gasteiger partial charge in [0.05, 0.1) is 6.54 Å². The minimum Gasteiger partial charge on any atom is -0.348 e. The third-order valence-corrected chi connectivity index (χ3v) is 3.49. The molecule has 0 aliphatic heterocycles. The number of nitrogens with two attached hydrogens (primary N) is 1. The first-order chi connectivity index (χ1) is 10.2. The van der Waals surface area contributed by atoms with Gasteiger partial charge in [0.25, 0.3) is 5.95 Å². The van der Waals surface area contributed by atoms with E-state index in [1.54, 1.807) is 29.8 Å². The summed E-state index contributed by atoms with van der Waals surface area (Å²) in [6.45, 7) is 2.49. The maximum absolute atomic E-state index is 5.38. The average molecular weight is 303 g/mol. The van der Waals surface area contributed by atoms with E-state index >= 15 is 0 Å². The Kier molecular flexibility index (Phi) is 3.71. The SMILES string of the molecule is Cc1csc(CNc2nc(NN)nc(-n3cccn3)n2)n1. The van der Waals surface area contributed by atoms with Gasteiger partial charge in [-0.05, 0) is 13.0 Å². The molecule has 0 aliphatic carbocycles. The second-order valence-corrected chi connectivity index (χ2v) is 5.06. The maximum atomic E-state index is 5.38. The highest BCUT2D eigenvalue weighted by atomic mass is 32.1. The van der Waals surface area contributed by atoms with Crippen molar-refractivity contribution in [3.05, 3.63) is 34.5 Å². The first-order valence-corrected chi connectivity index (χ1v) is 7.00. The predicted molar refractivity (Wildman–Crippen MR) is 78.9 cm³/mol. The highest BCUT2D eigenvalue weighted by Gasteiger charge is 2.08. The molecule has 3 aromatic rings. The molecule has 0 saturated heterocycles. The van der Waals surface area contributed by atoms with E-state index in [4.69, 9.17) is 5.84 Å². The number of hydrogen-bond acceptors (Lipinski definition) is 9. The number of rotatable bonds is 5. The molecular formula is C11H13N9S. The van der Waals surface area contributed by atoms with Crippen molar-refractivity contribution in [2.45, 2.75) is 13.5 Å². The molecular weight excluding hydrogens is 290 g/mol. The molecule has 0 fully saturated rings. The third-order valence-electron chi connectivity index (χ3n) is 2.53. The number of aromatic nitrogens is 6. The van der Waals surface area contributed by atoms with E-state index in [1.165, 1.54) is 4.68 Å². The van der Waals surface area contributed by atoms with E-state index in [0.717, 1.165) is 10.7 Å². The van der Waals surface area contributed by atoms with Crippen molar-refractivity contribution in [2.75, 3.05) is 10.7 Å². The summed E-state index contributed by atoms with van der Waals surface area (Å²) in [5.74, 6) is 6.41. The van der Waals surface area contributed by atoms with E-state index in [9.17, 15) is 0 Å². The highest BCUT2D eigenvalue weighted by Crippen LogP contribution is 2.12. The molecule has 0 amide bonds. The van der Waals surface area contributed by atoms with Crippen LogP contribution in [-0.2, 0) is 6.54 Å². The van der Waals surface area contributed by atoms with Crippen LogP contribution in [0.3, 0.4) is 0 Å². The van der Waals surface area contributed by atoms with Crippen LogP contribution in [0.2, 0.25) is 0 Å². The van der Waals surface area contributed by atoms with Crippen molar-refractivity contribution in [1.82, 2.24) is 29.7 Å². The van der Waals surface area contributed by atoms with E-state index in [2.05, 4.69) is 35.8 Å². The van der Waals surface area contributed by atoms with Crippen LogP contribution in [0, 0.1) is 6.92 Å². The fraction of sp³-hybridized carbons (Fsp3) is 0.182. The molecule has 0 saturated carbocycles. The van der Waals surface area contributed by atoms with Gasteiger partial charge in [0, 0.05) is 23.5 Å². The number of nitrogens with zero attached hydrogens (tertiary/aromatic N) is 6. The molecule has 21 heavy (non-hydrogen) atoms. The van der Waals surface area contributed by atoms with E-state index in [-0.39, 0.29) is 5.95 Å². The van der Waals surface area contributed by atoms with Gasteiger partial charge >= 0.3 is 0 Å². The number of aryl methyl sites for hydroxylation is 1. The van der Waals surface area contributed by atoms with E-state index < -0.39 is 0 Å². The number of hydrogen-bond donors (Lipinski definition) is 3. The summed E-state index contributed by atoms with van der Waals surface area (Å²) in [5.41, 5.74) is 3.41. The van der Waals surface area contributed by atoms with Crippen LogP contribution in [-0.4, -0.2) is 29.7 Å². The zero-order chi connectivity index (χ0) is 14.7. The summed E-state index contributed by atoms with van der Waals surface area (Å²) >= 11 is 1.58. The van der Waals surface area contributed by atoms with Crippen molar-refractivity contribution in [1.29, 1.82) is 0 Å². The largest absolute Gasteiger partial charge is 0.348 e. The summed E-state index contributed by atoms with van der Waals surface area (Å²) in [6.07, 6.45) is 3.38. The van der Waals surface area contributed by atoms with Crippen LogP contribution < -0.4 is 16.6 Å². The fourth-order valence-electron chi connectivity index (χ4n) is 1.64. The van der Waals surface area contributed by atoms with Gasteiger partial charge in [-0.25, -0.2) is 15.5 Å². The standard InChI is InChI=1S/C11H13N9S/c1-7-6-21-8(15-7)5-13-9-16-10(19-12)18-11(17-9)20-4-2-3-14-20/h2-4,6H,5,12H2,1H3,(H2,13,16,17,18,19). The van der Waals surface area contributed by atoms with Gasteiger partial charge in [0.15, 0.2) is 0 Å². The molecule has 0 radical (unpaired) electrons. The lowest BCUT2D eigenvalue weighted by molar-refractivity contribution is 0.795. The molecule has 3 aromatic heterocycles. The Morgan fingerprint density at radius 1 is 1.24 bits per heavy atom. The number of nitrogen functional groups attached to an aromatic ring is 1. The second-order valence-electron chi connectivity index (χ2n) is 4.11. The van der Waals surface area contributed by atoms with Crippen molar-refractivity contribution >= 4 is 23.2 Å². The number of anilines is 2. The molecule has 0 aromatic carbocycles. The van der Waals surface area contributed by atoms with Gasteiger partial charge in [-0.15, -0.1) is 11.3 Å². The van der Waals surface area contributed by atoms with Crippen LogP contribution in [0.1, 0.15) is 10.7 Å². The molecule has 3 heterocycles. The van der Waals surface area contributed by atoms with Gasteiger partial charge in [0.2, 0.25) is 11.9 Å². The van der Waals surface area contributed by atoms with Crippen LogP contribution in [0.5, 0.6) is 0 Å². The first kappa shape index (κ1) is 13.4. The zero-order valence-electron chi connectivity index (χ0n) is 11.2. The number of hydrazine groups is 1. The molecule has 0 bridgehead atoms.